The molecule has 2 N–H and O–H groups in total. The molecular weight excluding hydrogens is 428 g/mol. The number of hydrogen-bond donors (Lipinski definition) is 2. The van der Waals surface area contributed by atoms with Crippen molar-refractivity contribution in [2.75, 3.05) is 43.1 Å². The molecule has 1 atom stereocenters. The first-order chi connectivity index (χ1) is 16.5. The van der Waals surface area contributed by atoms with Crippen molar-refractivity contribution in [1.82, 2.24) is 20.2 Å². The van der Waals surface area contributed by atoms with Crippen molar-refractivity contribution >= 4 is 17.5 Å². The summed E-state index contributed by atoms with van der Waals surface area (Å²) in [7, 11) is 0. The van der Waals surface area contributed by atoms with E-state index >= 15 is 0 Å². The van der Waals surface area contributed by atoms with Crippen LogP contribution in [0.3, 0.4) is 0 Å². The van der Waals surface area contributed by atoms with Crippen LogP contribution >= 0.6 is 0 Å². The maximum Gasteiger partial charge on any atom is 0.319 e. The van der Waals surface area contributed by atoms with Crippen LogP contribution in [0.4, 0.5) is 16.3 Å². The Kier molecular flexibility index (Phi) is 6.70. The fraction of sp³-hybridized carbons (Fsp3) is 0.577. The van der Waals surface area contributed by atoms with Gasteiger partial charge in [0.1, 0.15) is 5.82 Å². The Hall–Kier alpha value is -2.71. The predicted molar refractivity (Wildman–Crippen MR) is 134 cm³/mol. The van der Waals surface area contributed by atoms with Crippen LogP contribution in [0, 0.1) is 5.92 Å². The Morgan fingerprint density at radius 3 is 2.68 bits per heavy atom. The van der Waals surface area contributed by atoms with Crippen molar-refractivity contribution in [3.63, 3.8) is 0 Å². The Morgan fingerprint density at radius 1 is 1.18 bits per heavy atom. The van der Waals surface area contributed by atoms with Crippen molar-refractivity contribution in [2.24, 2.45) is 5.92 Å². The summed E-state index contributed by atoms with van der Waals surface area (Å²) in [6.07, 6.45) is 3.11. The number of carbonyl (C=O) groups is 1. The number of nitrogens with one attached hydrogen (secondary N) is 2. The summed E-state index contributed by atoms with van der Waals surface area (Å²) in [6, 6.07) is 8.31. The molecule has 34 heavy (non-hydrogen) atoms. The summed E-state index contributed by atoms with van der Waals surface area (Å²) in [4.78, 5) is 27.1. The summed E-state index contributed by atoms with van der Waals surface area (Å²) in [5, 5.41) is 5.87. The monoisotopic (exact) mass is 464 g/mol. The lowest BCUT2D eigenvalue weighted by Gasteiger charge is -2.38. The molecule has 182 valence electrons. The van der Waals surface area contributed by atoms with Gasteiger partial charge in [0.2, 0.25) is 0 Å². The van der Waals surface area contributed by atoms with Crippen LogP contribution in [-0.2, 0) is 17.7 Å². The molecule has 3 heterocycles. The van der Waals surface area contributed by atoms with Gasteiger partial charge in [-0.3, -0.25) is 4.90 Å². The van der Waals surface area contributed by atoms with E-state index < -0.39 is 0 Å². The summed E-state index contributed by atoms with van der Waals surface area (Å²) >= 11 is 0. The van der Waals surface area contributed by atoms with Crippen LogP contribution in [0.15, 0.2) is 24.3 Å². The van der Waals surface area contributed by atoms with Crippen LogP contribution in [0.25, 0.3) is 11.4 Å². The number of hydrogen-bond acceptors (Lipinski definition) is 6. The number of carbonyl (C=O) groups excluding carboxylic acids is 1. The quantitative estimate of drug-likeness (QED) is 0.679. The van der Waals surface area contributed by atoms with E-state index in [2.05, 4.69) is 41.2 Å². The van der Waals surface area contributed by atoms with Gasteiger partial charge >= 0.3 is 6.03 Å². The number of fused-ring (bicyclic) bond motifs is 1. The van der Waals surface area contributed by atoms with E-state index in [9.17, 15) is 4.79 Å². The van der Waals surface area contributed by atoms with Crippen molar-refractivity contribution in [3.8, 4) is 11.4 Å². The van der Waals surface area contributed by atoms with Crippen molar-refractivity contribution in [2.45, 2.75) is 58.7 Å². The van der Waals surface area contributed by atoms with Gasteiger partial charge in [-0.25, -0.2) is 14.8 Å². The zero-order valence-electron chi connectivity index (χ0n) is 20.5. The Morgan fingerprint density at radius 2 is 1.97 bits per heavy atom. The number of anilines is 2. The van der Waals surface area contributed by atoms with Gasteiger partial charge in [0.15, 0.2) is 5.82 Å². The standard InChI is InChI=1S/C26H36N6O2/c1-17(2)14-31-11-10-22-23(15-31)29-24(30-25(22)32-12-13-34-16-18(32)3)19-4-6-20(7-5-19)27-26(33)28-21-8-9-21/h4-7,17-18,21H,8-16H2,1-3H3,(H2,27,28,33). The van der Waals surface area contributed by atoms with E-state index in [0.717, 1.165) is 87.2 Å². The van der Waals surface area contributed by atoms with Gasteiger partial charge < -0.3 is 20.3 Å². The lowest BCUT2D eigenvalue weighted by molar-refractivity contribution is 0.0983. The zero-order chi connectivity index (χ0) is 23.7. The lowest BCUT2D eigenvalue weighted by Crippen LogP contribution is -2.45. The smallest absolute Gasteiger partial charge is 0.319 e. The molecule has 1 saturated carbocycles. The van der Waals surface area contributed by atoms with Crippen LogP contribution in [0.2, 0.25) is 0 Å². The molecule has 1 aromatic carbocycles. The first kappa shape index (κ1) is 23.1. The molecule has 1 aliphatic carbocycles. The fourth-order valence-corrected chi connectivity index (χ4v) is 4.83. The number of urea groups is 1. The molecule has 5 rings (SSSR count). The molecule has 1 unspecified atom stereocenters. The van der Waals surface area contributed by atoms with Gasteiger partial charge in [-0.05, 0) is 56.4 Å². The molecule has 2 amide bonds. The third-order valence-electron chi connectivity index (χ3n) is 6.70. The number of ether oxygens (including phenoxy) is 1. The third kappa shape index (κ3) is 5.33. The van der Waals surface area contributed by atoms with Gasteiger partial charge in [-0.1, -0.05) is 13.8 Å². The molecule has 1 aromatic heterocycles. The number of nitrogens with zero attached hydrogens (tertiary/aromatic N) is 4. The molecule has 1 saturated heterocycles. The molecule has 3 aliphatic rings. The number of morpholine rings is 1. The third-order valence-corrected chi connectivity index (χ3v) is 6.70. The number of aromatic nitrogens is 2. The minimum absolute atomic E-state index is 0.144. The first-order valence-electron chi connectivity index (χ1n) is 12.6. The minimum Gasteiger partial charge on any atom is -0.377 e. The second kappa shape index (κ2) is 9.88. The van der Waals surface area contributed by atoms with Gasteiger partial charge in [-0.2, -0.15) is 0 Å². The SMILES string of the molecule is CC(C)CN1CCc2c(nc(-c3ccc(NC(=O)NC4CC4)cc3)nc2N2CCOCC2C)C1. The highest BCUT2D eigenvalue weighted by molar-refractivity contribution is 5.89. The van der Waals surface area contributed by atoms with Crippen LogP contribution in [0.1, 0.15) is 44.9 Å². The average Bonchev–Trinajstić information content (AvgIpc) is 3.62. The molecule has 8 heteroatoms. The van der Waals surface area contributed by atoms with Crippen LogP contribution in [0.5, 0.6) is 0 Å². The summed E-state index contributed by atoms with van der Waals surface area (Å²) in [5.74, 6) is 2.43. The topological polar surface area (TPSA) is 82.6 Å². The highest BCUT2D eigenvalue weighted by Gasteiger charge is 2.29. The Bertz CT molecular complexity index is 1020. The zero-order valence-corrected chi connectivity index (χ0v) is 20.5. The van der Waals surface area contributed by atoms with Crippen LogP contribution < -0.4 is 15.5 Å². The molecule has 2 aromatic rings. The highest BCUT2D eigenvalue weighted by Crippen LogP contribution is 2.32. The van der Waals surface area contributed by atoms with Crippen LogP contribution in [-0.4, -0.2) is 65.8 Å². The molecule has 0 bridgehead atoms. The van der Waals surface area contributed by atoms with Gasteiger partial charge in [0.25, 0.3) is 0 Å². The van der Waals surface area contributed by atoms with Crippen molar-refractivity contribution in [1.29, 1.82) is 0 Å². The number of rotatable bonds is 6. The van der Waals surface area contributed by atoms with Crippen molar-refractivity contribution < 1.29 is 9.53 Å². The van der Waals surface area contributed by atoms with E-state index in [4.69, 9.17) is 14.7 Å². The lowest BCUT2D eigenvalue weighted by atomic mass is 10.0. The largest absolute Gasteiger partial charge is 0.377 e. The van der Waals surface area contributed by atoms with Gasteiger partial charge in [0.05, 0.1) is 24.9 Å². The first-order valence-corrected chi connectivity index (χ1v) is 12.6. The Balaban J connectivity index is 1.43. The van der Waals surface area contributed by atoms with Crippen molar-refractivity contribution in [3.05, 3.63) is 35.5 Å². The summed E-state index contributed by atoms with van der Waals surface area (Å²) in [6.45, 7) is 12.0. The van der Waals surface area contributed by atoms with E-state index in [1.165, 1.54) is 5.56 Å². The molecule has 2 aliphatic heterocycles. The summed E-state index contributed by atoms with van der Waals surface area (Å²) in [5.41, 5.74) is 4.15. The number of amides is 2. The molecule has 0 radical (unpaired) electrons. The molecule has 8 nitrogen and oxygen atoms in total. The Labute approximate surface area is 202 Å². The molecule has 2 fully saturated rings. The summed E-state index contributed by atoms with van der Waals surface area (Å²) < 4.78 is 5.69. The maximum atomic E-state index is 12.1. The molecular formula is C26H36N6O2. The normalized spacial score (nSPS) is 20.8. The number of benzene rings is 1. The fourth-order valence-electron chi connectivity index (χ4n) is 4.83. The van der Waals surface area contributed by atoms with E-state index in [-0.39, 0.29) is 12.1 Å². The average molecular weight is 465 g/mol. The van der Waals surface area contributed by atoms with E-state index in [1.807, 2.05) is 24.3 Å². The minimum atomic E-state index is -0.144. The predicted octanol–water partition coefficient (Wildman–Crippen LogP) is 3.67. The second-order valence-electron chi connectivity index (χ2n) is 10.2. The van der Waals surface area contributed by atoms with E-state index in [1.54, 1.807) is 0 Å². The second-order valence-corrected chi connectivity index (χ2v) is 10.2. The van der Waals surface area contributed by atoms with E-state index in [0.29, 0.717) is 12.0 Å². The van der Waals surface area contributed by atoms with Gasteiger partial charge in [-0.15, -0.1) is 0 Å². The maximum absolute atomic E-state index is 12.1. The highest BCUT2D eigenvalue weighted by atomic mass is 16.5. The molecule has 0 spiro atoms. The van der Waals surface area contributed by atoms with Gasteiger partial charge in [0, 0.05) is 49.0 Å².